The molecule has 0 unspecified atom stereocenters. The molecule has 0 atom stereocenters. The molecule has 0 saturated carbocycles. The number of H-pyrrole nitrogens is 2. The van der Waals surface area contributed by atoms with Gasteiger partial charge in [0.25, 0.3) is 0 Å². The molecule has 4 aromatic rings. The Bertz CT molecular complexity index is 1990. The maximum Gasteiger partial charge on any atom is 0.496 e. The van der Waals surface area contributed by atoms with E-state index in [0.717, 1.165) is 42.9 Å². The van der Waals surface area contributed by atoms with Crippen LogP contribution in [0.5, 0.6) is 0 Å². The molecule has 0 aliphatic carbocycles. The molecule has 7 rings (SSSR count). The predicted molar refractivity (Wildman–Crippen MR) is 214 cm³/mol. The van der Waals surface area contributed by atoms with Gasteiger partial charge in [0.15, 0.2) is 11.4 Å². The third-order valence-corrected chi connectivity index (χ3v) is 12.1. The fourth-order valence-electron chi connectivity index (χ4n) is 5.93. The summed E-state index contributed by atoms with van der Waals surface area (Å²) in [6.07, 6.45) is 3.80. The van der Waals surface area contributed by atoms with Gasteiger partial charge in [-0.1, -0.05) is 0 Å². The standard InChI is InChI=1S/C16H19BN2O2.C12H24B2O4.C10H7BrN2/c1-10-7-14-11(8-13(10)18-6)12(9-19-14)17-20-15(2,3)16(4,5)21-17;1-9(2)10(3,4)16-13(15-9)14-17-11(5,6)12(7,8)18-14;1-6-3-10-7(4-9(6)12-2)8(11)5-13-10/h7-9,19H,1-5H3;1-8H3;3-5,13H,1H3. The fourth-order valence-corrected chi connectivity index (χ4v) is 6.37. The van der Waals surface area contributed by atoms with Crippen molar-refractivity contribution in [2.75, 3.05) is 0 Å². The number of hydrogen-bond donors (Lipinski definition) is 2. The lowest BCUT2D eigenvalue weighted by Crippen LogP contribution is -2.41. The average molecular weight is 771 g/mol. The van der Waals surface area contributed by atoms with E-state index in [0.29, 0.717) is 11.4 Å². The van der Waals surface area contributed by atoms with Crippen molar-refractivity contribution in [3.05, 3.63) is 75.1 Å². The van der Waals surface area contributed by atoms with E-state index in [2.05, 4.69) is 35.6 Å². The summed E-state index contributed by atoms with van der Waals surface area (Å²) in [6, 6.07) is 7.80. The first-order chi connectivity index (χ1) is 23.8. The van der Waals surface area contributed by atoms with Gasteiger partial charge in [-0.2, -0.15) is 0 Å². The molecule has 3 saturated heterocycles. The molecule has 0 bridgehead atoms. The molecule has 2 aromatic heterocycles. The summed E-state index contributed by atoms with van der Waals surface area (Å²) in [5, 5.41) is 2.06. The van der Waals surface area contributed by atoms with Gasteiger partial charge >= 0.3 is 21.1 Å². The number of rotatable bonds is 2. The molecule has 5 heterocycles. The van der Waals surface area contributed by atoms with Crippen molar-refractivity contribution in [3.63, 3.8) is 0 Å². The van der Waals surface area contributed by atoms with E-state index in [-0.39, 0.29) is 33.6 Å². The summed E-state index contributed by atoms with van der Waals surface area (Å²) in [5.41, 5.74) is 4.22. The van der Waals surface area contributed by atoms with Crippen molar-refractivity contribution >= 4 is 75.7 Å². The quantitative estimate of drug-likeness (QED) is 0.156. The number of hydrogen-bond acceptors (Lipinski definition) is 6. The first kappa shape index (κ1) is 40.1. The van der Waals surface area contributed by atoms with Gasteiger partial charge in [0, 0.05) is 38.7 Å². The van der Waals surface area contributed by atoms with Gasteiger partial charge < -0.3 is 37.9 Å². The maximum atomic E-state index is 7.27. The van der Waals surface area contributed by atoms with Gasteiger partial charge in [0.1, 0.15) is 0 Å². The summed E-state index contributed by atoms with van der Waals surface area (Å²) < 4.78 is 37.1. The van der Waals surface area contributed by atoms with Crippen LogP contribution in [0.4, 0.5) is 11.4 Å². The summed E-state index contributed by atoms with van der Waals surface area (Å²) in [7, 11) is -1.36. The number of aromatic nitrogens is 2. The Balaban J connectivity index is 0.000000155. The molecule has 3 aliphatic rings. The number of nitrogens with zero attached hydrogens (tertiary/aromatic N) is 2. The second-order valence-corrected chi connectivity index (χ2v) is 17.7. The van der Waals surface area contributed by atoms with Crippen molar-refractivity contribution in [2.24, 2.45) is 0 Å². The number of halogens is 1. The zero-order chi connectivity index (χ0) is 38.8. The minimum atomic E-state index is -0.476. The first-order valence-electron chi connectivity index (χ1n) is 17.6. The van der Waals surface area contributed by atoms with Crippen LogP contribution in [0.1, 0.15) is 94.2 Å². The molecule has 2 aromatic carbocycles. The van der Waals surface area contributed by atoms with Crippen molar-refractivity contribution < 1.29 is 27.9 Å². The Morgan fingerprint density at radius 3 is 1.29 bits per heavy atom. The minimum Gasteiger partial charge on any atom is -0.405 e. The van der Waals surface area contributed by atoms with E-state index >= 15 is 0 Å². The summed E-state index contributed by atoms with van der Waals surface area (Å²) in [6.45, 7) is 42.5. The summed E-state index contributed by atoms with van der Waals surface area (Å²) in [4.78, 5) is 13.4. The zero-order valence-corrected chi connectivity index (χ0v) is 34.5. The Kier molecular flexibility index (Phi) is 10.5. The molecular weight excluding hydrogens is 721 g/mol. The van der Waals surface area contributed by atoms with Gasteiger partial charge in [-0.15, -0.1) is 0 Å². The predicted octanol–water partition coefficient (Wildman–Crippen LogP) is 9.37. The molecule has 52 heavy (non-hydrogen) atoms. The van der Waals surface area contributed by atoms with Crippen LogP contribution in [0.15, 0.2) is 41.1 Å². The van der Waals surface area contributed by atoms with Crippen molar-refractivity contribution in [2.45, 2.75) is 131 Å². The molecule has 2 N–H and O–H groups in total. The second kappa shape index (κ2) is 13.7. The lowest BCUT2D eigenvalue weighted by molar-refractivity contribution is 0.00578. The second-order valence-electron chi connectivity index (χ2n) is 16.8. The summed E-state index contributed by atoms with van der Waals surface area (Å²) in [5.74, 6) is 0. The highest BCUT2D eigenvalue weighted by atomic mass is 79.9. The molecule has 0 spiro atoms. The number of aromatic amines is 2. The summed E-state index contributed by atoms with van der Waals surface area (Å²) >= 11 is 3.42. The van der Waals surface area contributed by atoms with Gasteiger partial charge in [-0.25, -0.2) is 9.69 Å². The molecular formula is C38H50B3BrN4O6. The van der Waals surface area contributed by atoms with E-state index in [1.165, 1.54) is 0 Å². The fraction of sp³-hybridized carbons (Fsp3) is 0.526. The van der Waals surface area contributed by atoms with Crippen LogP contribution < -0.4 is 5.46 Å². The number of nitrogens with one attached hydrogen (secondary N) is 2. The van der Waals surface area contributed by atoms with E-state index in [1.54, 1.807) is 0 Å². The molecule has 3 aliphatic heterocycles. The van der Waals surface area contributed by atoms with Crippen LogP contribution in [0.25, 0.3) is 31.5 Å². The number of benzene rings is 2. The van der Waals surface area contributed by atoms with E-state index < -0.39 is 21.1 Å². The van der Waals surface area contributed by atoms with Gasteiger partial charge in [-0.05, 0) is 154 Å². The largest absolute Gasteiger partial charge is 0.496 e. The Morgan fingerprint density at radius 2 is 0.885 bits per heavy atom. The van der Waals surface area contributed by atoms with Crippen molar-refractivity contribution in [1.29, 1.82) is 0 Å². The molecule has 3 fully saturated rings. The Labute approximate surface area is 318 Å². The Hall–Kier alpha value is -3.07. The topological polar surface area (TPSA) is 95.7 Å². The highest BCUT2D eigenvalue weighted by molar-refractivity contribution is 9.10. The van der Waals surface area contributed by atoms with E-state index in [9.17, 15) is 0 Å². The first-order valence-corrected chi connectivity index (χ1v) is 18.4. The lowest BCUT2D eigenvalue weighted by atomic mass is 9.49. The molecule has 0 radical (unpaired) electrons. The number of aryl methyl sites for hydroxylation is 2. The smallest absolute Gasteiger partial charge is 0.405 e. The van der Waals surface area contributed by atoms with Crippen LogP contribution in [0.3, 0.4) is 0 Å². The monoisotopic (exact) mass is 770 g/mol. The van der Waals surface area contributed by atoms with Crippen LogP contribution >= 0.6 is 15.9 Å². The van der Waals surface area contributed by atoms with E-state index in [4.69, 9.17) is 41.1 Å². The third kappa shape index (κ3) is 7.37. The minimum absolute atomic E-state index is 0.360. The van der Waals surface area contributed by atoms with E-state index in [1.807, 2.05) is 134 Å². The van der Waals surface area contributed by atoms with Crippen LogP contribution in [0.2, 0.25) is 0 Å². The van der Waals surface area contributed by atoms with Crippen LogP contribution in [-0.4, -0.2) is 64.7 Å². The zero-order valence-electron chi connectivity index (χ0n) is 32.9. The maximum absolute atomic E-state index is 7.27. The van der Waals surface area contributed by atoms with Gasteiger partial charge in [0.2, 0.25) is 0 Å². The van der Waals surface area contributed by atoms with Gasteiger partial charge in [-0.3, -0.25) is 0 Å². The molecule has 0 amide bonds. The van der Waals surface area contributed by atoms with Gasteiger partial charge in [0.05, 0.1) is 46.8 Å². The highest BCUT2D eigenvalue weighted by Gasteiger charge is 2.63. The molecule has 14 heteroatoms. The number of fused-ring (bicyclic) bond motifs is 2. The normalized spacial score (nSPS) is 21.7. The third-order valence-electron chi connectivity index (χ3n) is 11.5. The van der Waals surface area contributed by atoms with Crippen molar-refractivity contribution in [1.82, 2.24) is 9.97 Å². The highest BCUT2D eigenvalue weighted by Crippen LogP contribution is 2.43. The average Bonchev–Trinajstić information content (AvgIpc) is 3.76. The molecule has 274 valence electrons. The van der Waals surface area contributed by atoms with Crippen LogP contribution in [-0.2, 0) is 27.9 Å². The Morgan fingerprint density at radius 1 is 0.538 bits per heavy atom. The molecule has 10 nitrogen and oxygen atoms in total. The lowest BCUT2D eigenvalue weighted by Gasteiger charge is -2.32. The van der Waals surface area contributed by atoms with Crippen molar-refractivity contribution in [3.8, 4) is 0 Å². The van der Waals surface area contributed by atoms with Crippen LogP contribution in [0, 0.1) is 27.0 Å². The SMILES string of the molecule is CC1(C)OB(B2OC(C)(C)C(C)(C)O2)OC1(C)C.[C-]#[N+]c1cc2c(B3OC(C)(C)C(C)(C)O3)c[nH]c2cc1C.[C-]#[N+]c1cc2c(Br)c[nH]c2cc1C.